The Morgan fingerprint density at radius 3 is 2.28 bits per heavy atom. The predicted molar refractivity (Wildman–Crippen MR) is 169 cm³/mol. The van der Waals surface area contributed by atoms with Crippen molar-refractivity contribution in [3.63, 3.8) is 0 Å². The highest BCUT2D eigenvalue weighted by molar-refractivity contribution is 6.32. The van der Waals surface area contributed by atoms with E-state index in [1.54, 1.807) is 31.2 Å². The standard InChI is InChI=1S/C35H29Cl2FN2O6/c1-16-4-5-17(12-25(16)36)39-31(42)22-10-9-20-23(29(22)33(39)44)15-24-32(43)40(18-6-11-27(38)26(37)13-18)34(45)35(24,2)30(20)21-8-7-19(41)14-28(21)46-3/h4-9,11-14,22-24,29-30,41H,10,15H2,1-3H3/t22-,23+,24-,29-,30+,35+/m0/s1. The van der Waals surface area contributed by atoms with E-state index in [9.17, 15) is 28.7 Å². The lowest BCUT2D eigenvalue weighted by atomic mass is 9.51. The van der Waals surface area contributed by atoms with Crippen molar-refractivity contribution in [3.8, 4) is 11.5 Å². The van der Waals surface area contributed by atoms with Crippen molar-refractivity contribution in [2.24, 2.45) is 29.1 Å². The smallest absolute Gasteiger partial charge is 0.241 e. The molecule has 2 aliphatic carbocycles. The largest absolute Gasteiger partial charge is 0.508 e. The molecular weight excluding hydrogens is 634 g/mol. The quantitative estimate of drug-likeness (QED) is 0.250. The van der Waals surface area contributed by atoms with Crippen LogP contribution in [-0.2, 0) is 19.2 Å². The molecule has 236 valence electrons. The zero-order chi connectivity index (χ0) is 32.8. The van der Waals surface area contributed by atoms with E-state index in [-0.39, 0.29) is 41.1 Å². The Hall–Kier alpha value is -4.21. The highest BCUT2D eigenvalue weighted by Gasteiger charge is 2.68. The number of phenolic OH excluding ortho intramolecular Hbond substituents is 1. The molecule has 0 radical (unpaired) electrons. The molecule has 7 rings (SSSR count). The Morgan fingerprint density at radius 2 is 1.59 bits per heavy atom. The van der Waals surface area contributed by atoms with E-state index in [0.29, 0.717) is 22.0 Å². The second-order valence-electron chi connectivity index (χ2n) is 12.6. The predicted octanol–water partition coefficient (Wildman–Crippen LogP) is 6.59. The van der Waals surface area contributed by atoms with Crippen molar-refractivity contribution in [1.29, 1.82) is 0 Å². The fraction of sp³-hybridized carbons (Fsp3) is 0.314. The first-order valence-corrected chi connectivity index (χ1v) is 15.7. The van der Waals surface area contributed by atoms with Gasteiger partial charge in [0.15, 0.2) is 0 Å². The Morgan fingerprint density at radius 1 is 0.891 bits per heavy atom. The molecule has 3 aromatic carbocycles. The minimum absolute atomic E-state index is 0.0484. The maximum Gasteiger partial charge on any atom is 0.241 e. The summed E-state index contributed by atoms with van der Waals surface area (Å²) in [4.78, 5) is 59.2. The number of anilines is 2. The maximum atomic E-state index is 14.5. The molecule has 0 bridgehead atoms. The first-order chi connectivity index (χ1) is 21.9. The Bertz CT molecular complexity index is 1910. The summed E-state index contributed by atoms with van der Waals surface area (Å²) < 4.78 is 19.8. The van der Waals surface area contributed by atoms with E-state index >= 15 is 0 Å². The number of carbonyl (C=O) groups excluding carboxylic acids is 4. The van der Waals surface area contributed by atoms with Gasteiger partial charge in [-0.25, -0.2) is 14.2 Å². The van der Waals surface area contributed by atoms with Crippen molar-refractivity contribution >= 4 is 58.2 Å². The van der Waals surface area contributed by atoms with Gasteiger partial charge >= 0.3 is 0 Å². The van der Waals surface area contributed by atoms with E-state index < -0.39 is 52.6 Å². The molecule has 3 aromatic rings. The van der Waals surface area contributed by atoms with Crippen LogP contribution in [0.4, 0.5) is 15.8 Å². The second kappa shape index (κ2) is 10.7. The van der Waals surface area contributed by atoms with Gasteiger partial charge in [-0.1, -0.05) is 47.0 Å². The van der Waals surface area contributed by atoms with Gasteiger partial charge in [-0.05, 0) is 74.6 Å². The molecule has 2 saturated heterocycles. The van der Waals surface area contributed by atoms with E-state index in [4.69, 9.17) is 27.9 Å². The van der Waals surface area contributed by atoms with Crippen molar-refractivity contribution in [2.45, 2.75) is 32.6 Å². The number of hydrogen-bond acceptors (Lipinski definition) is 6. The number of phenols is 1. The molecule has 0 aromatic heterocycles. The highest BCUT2D eigenvalue weighted by Crippen LogP contribution is 2.64. The van der Waals surface area contributed by atoms with Crippen LogP contribution in [0, 0.1) is 41.8 Å². The van der Waals surface area contributed by atoms with Crippen molar-refractivity contribution in [1.82, 2.24) is 0 Å². The summed E-state index contributed by atoms with van der Waals surface area (Å²) >= 11 is 12.4. The zero-order valence-corrected chi connectivity index (χ0v) is 26.6. The molecule has 1 N–H and O–H groups in total. The first kappa shape index (κ1) is 30.4. The average Bonchev–Trinajstić information content (AvgIpc) is 3.39. The number of halogens is 3. The highest BCUT2D eigenvalue weighted by atomic mass is 35.5. The van der Waals surface area contributed by atoms with Crippen LogP contribution in [-0.4, -0.2) is 35.8 Å². The molecule has 3 fully saturated rings. The zero-order valence-electron chi connectivity index (χ0n) is 25.1. The molecule has 2 aliphatic heterocycles. The molecule has 1 saturated carbocycles. The second-order valence-corrected chi connectivity index (χ2v) is 13.4. The van der Waals surface area contributed by atoms with Crippen LogP contribution in [0.3, 0.4) is 0 Å². The molecule has 0 unspecified atom stereocenters. The number of benzene rings is 3. The van der Waals surface area contributed by atoms with Gasteiger partial charge in [-0.3, -0.25) is 19.2 Å². The third-order valence-corrected chi connectivity index (χ3v) is 11.1. The number of ether oxygens (including phenoxy) is 1. The SMILES string of the molecule is COc1cc(O)ccc1[C@H]1C2=CC[C@@H]3C(=O)N(c4ccc(C)c(Cl)c4)C(=O)[C@@H]3[C@@H]2C[C@H]2C(=O)N(c3ccc(F)c(Cl)c3)C(=O)[C@@]12C. The van der Waals surface area contributed by atoms with Crippen molar-refractivity contribution in [2.75, 3.05) is 16.9 Å². The summed E-state index contributed by atoms with van der Waals surface area (Å²) in [6.45, 7) is 3.56. The number of amides is 4. The monoisotopic (exact) mass is 662 g/mol. The van der Waals surface area contributed by atoms with Gasteiger partial charge in [0.2, 0.25) is 23.6 Å². The summed E-state index contributed by atoms with van der Waals surface area (Å²) in [7, 11) is 1.45. The number of fused-ring (bicyclic) bond motifs is 4. The lowest BCUT2D eigenvalue weighted by Gasteiger charge is -2.49. The van der Waals surface area contributed by atoms with E-state index in [1.807, 2.05) is 13.0 Å². The fourth-order valence-electron chi connectivity index (χ4n) is 8.14. The minimum atomic E-state index is -1.35. The van der Waals surface area contributed by atoms with Crippen LogP contribution in [0.5, 0.6) is 11.5 Å². The Labute approximate surface area is 274 Å². The van der Waals surface area contributed by atoms with Crippen LogP contribution in [0.15, 0.2) is 66.2 Å². The number of nitrogens with zero attached hydrogens (tertiary/aromatic N) is 2. The fourth-order valence-corrected chi connectivity index (χ4v) is 8.49. The lowest BCUT2D eigenvalue weighted by molar-refractivity contribution is -0.131. The molecule has 46 heavy (non-hydrogen) atoms. The number of methoxy groups -OCH3 is 1. The number of hydrogen-bond donors (Lipinski definition) is 1. The van der Waals surface area contributed by atoms with Crippen LogP contribution in [0.25, 0.3) is 0 Å². The topological polar surface area (TPSA) is 104 Å². The molecule has 8 nitrogen and oxygen atoms in total. The van der Waals surface area contributed by atoms with Gasteiger partial charge in [0.1, 0.15) is 17.3 Å². The summed E-state index contributed by atoms with van der Waals surface area (Å²) in [6.07, 6.45) is 2.32. The number of imide groups is 2. The Balaban J connectivity index is 1.38. The molecular formula is C35H29Cl2FN2O6. The molecule has 0 spiro atoms. The van der Waals surface area contributed by atoms with E-state index in [2.05, 4.69) is 0 Å². The number of aryl methyl sites for hydroxylation is 1. The Kier molecular flexibility index (Phi) is 7.06. The third-order valence-electron chi connectivity index (χ3n) is 10.4. The normalized spacial score (nSPS) is 28.7. The number of aromatic hydroxyl groups is 1. The van der Waals surface area contributed by atoms with Crippen LogP contribution in [0.2, 0.25) is 10.0 Å². The van der Waals surface area contributed by atoms with Gasteiger partial charge in [-0.2, -0.15) is 0 Å². The van der Waals surface area contributed by atoms with Crippen molar-refractivity contribution in [3.05, 3.63) is 93.2 Å². The van der Waals surface area contributed by atoms with E-state index in [0.717, 1.165) is 22.1 Å². The minimum Gasteiger partial charge on any atom is -0.508 e. The molecule has 4 aliphatic rings. The van der Waals surface area contributed by atoms with Gasteiger partial charge in [0.05, 0.1) is 46.7 Å². The van der Waals surface area contributed by atoms with Gasteiger partial charge in [0.25, 0.3) is 0 Å². The van der Waals surface area contributed by atoms with Gasteiger partial charge in [0, 0.05) is 22.6 Å². The molecule has 11 heteroatoms. The summed E-state index contributed by atoms with van der Waals surface area (Å²) in [5.74, 6) is -5.81. The van der Waals surface area contributed by atoms with Crippen LogP contribution < -0.4 is 14.5 Å². The number of allylic oxidation sites excluding steroid dienone is 2. The van der Waals surface area contributed by atoms with E-state index in [1.165, 1.54) is 36.3 Å². The van der Waals surface area contributed by atoms with Gasteiger partial charge in [-0.15, -0.1) is 0 Å². The first-order valence-electron chi connectivity index (χ1n) is 14.9. The van der Waals surface area contributed by atoms with Crippen LogP contribution in [0.1, 0.15) is 36.8 Å². The van der Waals surface area contributed by atoms with Crippen molar-refractivity contribution < 1.29 is 33.4 Å². The summed E-state index contributed by atoms with van der Waals surface area (Å²) in [5.41, 5.74) is 1.28. The van der Waals surface area contributed by atoms with Gasteiger partial charge < -0.3 is 9.84 Å². The lowest BCUT2D eigenvalue weighted by Crippen LogP contribution is -2.49. The number of rotatable bonds is 4. The molecule has 4 amide bonds. The third kappa shape index (κ3) is 4.17. The maximum absolute atomic E-state index is 14.5. The molecule has 2 heterocycles. The molecule has 6 atom stereocenters. The average molecular weight is 664 g/mol. The van der Waals surface area contributed by atoms with Crippen LogP contribution >= 0.6 is 23.2 Å². The summed E-state index contributed by atoms with van der Waals surface area (Å²) in [5, 5.41) is 10.5. The summed E-state index contributed by atoms with van der Waals surface area (Å²) in [6, 6.07) is 13.3. The number of carbonyl (C=O) groups is 4.